The molecule has 0 saturated heterocycles. The highest BCUT2D eigenvalue weighted by molar-refractivity contribution is 4.64. The molecule has 16 heavy (non-hydrogen) atoms. The van der Waals surface area contributed by atoms with Crippen LogP contribution in [0, 0.1) is 0 Å². The van der Waals surface area contributed by atoms with E-state index in [0.29, 0.717) is 26.3 Å². The van der Waals surface area contributed by atoms with Gasteiger partial charge in [0.25, 0.3) is 0 Å². The van der Waals surface area contributed by atoms with Gasteiger partial charge in [-0.2, -0.15) is 0 Å². The zero-order valence-corrected chi connectivity index (χ0v) is 10.7. The Morgan fingerprint density at radius 2 is 1.81 bits per heavy atom. The van der Waals surface area contributed by atoms with E-state index in [1.165, 1.54) is 0 Å². The van der Waals surface area contributed by atoms with Crippen molar-refractivity contribution in [2.75, 3.05) is 40.5 Å². The molecule has 0 bridgehead atoms. The van der Waals surface area contributed by atoms with Gasteiger partial charge in [0.2, 0.25) is 0 Å². The van der Waals surface area contributed by atoms with Crippen LogP contribution in [0.4, 0.5) is 0 Å². The highest BCUT2D eigenvalue weighted by atomic mass is 16.5. The number of aliphatic hydroxyl groups excluding tert-OH is 1. The Morgan fingerprint density at radius 3 is 2.31 bits per heavy atom. The Bertz CT molecular complexity index is 155. The average molecular weight is 235 g/mol. The largest absolute Gasteiger partial charge is 0.389 e. The maximum Gasteiger partial charge on any atom is 0.0928 e. The van der Waals surface area contributed by atoms with Crippen molar-refractivity contribution in [2.24, 2.45) is 0 Å². The number of nitrogens with one attached hydrogen (secondary N) is 1. The predicted octanol–water partition coefficient (Wildman–Crippen LogP) is 0.0233. The predicted molar refractivity (Wildman–Crippen MR) is 62.6 cm³/mol. The van der Waals surface area contributed by atoms with Crippen LogP contribution in [0.25, 0.3) is 0 Å². The van der Waals surface area contributed by atoms with E-state index >= 15 is 0 Å². The lowest BCUT2D eigenvalue weighted by atomic mass is 10.3. The lowest BCUT2D eigenvalue weighted by Crippen LogP contribution is -2.37. The number of hydrogen-bond acceptors (Lipinski definition) is 5. The van der Waals surface area contributed by atoms with Crippen molar-refractivity contribution in [3.8, 4) is 0 Å². The maximum atomic E-state index is 9.55. The molecule has 0 heterocycles. The molecule has 0 radical (unpaired) electrons. The summed E-state index contributed by atoms with van der Waals surface area (Å²) in [6.45, 7) is 5.94. The number of rotatable bonds is 10. The van der Waals surface area contributed by atoms with Gasteiger partial charge in [-0.05, 0) is 13.8 Å². The van der Waals surface area contributed by atoms with Crippen LogP contribution in [0.15, 0.2) is 0 Å². The standard InChI is InChI=1S/C11H25NO4/c1-9(2)16-7-10(13)5-12-6-11(15-4)8-14-3/h9-13H,5-8H2,1-4H3. The fraction of sp³-hybridized carbons (Fsp3) is 1.00. The molecule has 0 spiro atoms. The molecule has 0 rings (SSSR count). The van der Waals surface area contributed by atoms with E-state index in [-0.39, 0.29) is 12.2 Å². The summed E-state index contributed by atoms with van der Waals surface area (Å²) in [5, 5.41) is 12.7. The number of hydrogen-bond donors (Lipinski definition) is 2. The van der Waals surface area contributed by atoms with Crippen molar-refractivity contribution in [3.05, 3.63) is 0 Å². The Balaban J connectivity index is 3.47. The van der Waals surface area contributed by atoms with Gasteiger partial charge in [0, 0.05) is 27.3 Å². The summed E-state index contributed by atoms with van der Waals surface area (Å²) in [4.78, 5) is 0. The van der Waals surface area contributed by atoms with E-state index < -0.39 is 6.10 Å². The second-order valence-corrected chi connectivity index (χ2v) is 4.01. The van der Waals surface area contributed by atoms with Crippen LogP contribution in [0.1, 0.15) is 13.8 Å². The fourth-order valence-corrected chi connectivity index (χ4v) is 1.17. The van der Waals surface area contributed by atoms with Crippen LogP contribution < -0.4 is 5.32 Å². The lowest BCUT2D eigenvalue weighted by Gasteiger charge is -2.17. The van der Waals surface area contributed by atoms with Crippen LogP contribution in [-0.2, 0) is 14.2 Å². The zero-order valence-electron chi connectivity index (χ0n) is 10.7. The number of ether oxygens (including phenoxy) is 3. The molecule has 0 aliphatic rings. The van der Waals surface area contributed by atoms with Gasteiger partial charge < -0.3 is 24.6 Å². The molecule has 0 aromatic heterocycles. The molecule has 5 nitrogen and oxygen atoms in total. The van der Waals surface area contributed by atoms with Gasteiger partial charge >= 0.3 is 0 Å². The summed E-state index contributed by atoms with van der Waals surface area (Å²) >= 11 is 0. The van der Waals surface area contributed by atoms with Crippen LogP contribution in [0.2, 0.25) is 0 Å². The normalized spacial score (nSPS) is 15.4. The molecule has 0 saturated carbocycles. The molecule has 0 aliphatic heterocycles. The van der Waals surface area contributed by atoms with Crippen molar-refractivity contribution in [3.63, 3.8) is 0 Å². The van der Waals surface area contributed by atoms with Crippen molar-refractivity contribution in [1.29, 1.82) is 0 Å². The Kier molecular flexibility index (Phi) is 9.86. The van der Waals surface area contributed by atoms with Crippen LogP contribution in [0.5, 0.6) is 0 Å². The minimum atomic E-state index is -0.484. The second kappa shape index (κ2) is 9.99. The summed E-state index contributed by atoms with van der Waals surface area (Å²) in [5.41, 5.74) is 0. The molecular formula is C11H25NO4. The summed E-state index contributed by atoms with van der Waals surface area (Å²) in [7, 11) is 3.28. The smallest absolute Gasteiger partial charge is 0.0928 e. The van der Waals surface area contributed by atoms with E-state index in [0.717, 1.165) is 0 Å². The highest BCUT2D eigenvalue weighted by Gasteiger charge is 2.09. The topological polar surface area (TPSA) is 60.0 Å². The van der Waals surface area contributed by atoms with Gasteiger partial charge in [0.15, 0.2) is 0 Å². The van der Waals surface area contributed by atoms with Gasteiger partial charge in [0.1, 0.15) is 0 Å². The molecule has 0 fully saturated rings. The minimum absolute atomic E-state index is 0.0169. The van der Waals surface area contributed by atoms with E-state index in [1.54, 1.807) is 14.2 Å². The van der Waals surface area contributed by atoms with Crippen molar-refractivity contribution >= 4 is 0 Å². The zero-order chi connectivity index (χ0) is 12.4. The minimum Gasteiger partial charge on any atom is -0.389 e. The van der Waals surface area contributed by atoms with Crippen LogP contribution in [0.3, 0.4) is 0 Å². The van der Waals surface area contributed by atoms with Gasteiger partial charge in [0.05, 0.1) is 31.5 Å². The number of methoxy groups -OCH3 is 2. The van der Waals surface area contributed by atoms with E-state index in [1.807, 2.05) is 13.8 Å². The van der Waals surface area contributed by atoms with Gasteiger partial charge in [-0.1, -0.05) is 0 Å². The van der Waals surface area contributed by atoms with Gasteiger partial charge in [-0.25, -0.2) is 0 Å². The first kappa shape index (κ1) is 15.8. The Labute approximate surface area is 98.1 Å². The second-order valence-electron chi connectivity index (χ2n) is 4.01. The van der Waals surface area contributed by atoms with Crippen molar-refractivity contribution < 1.29 is 19.3 Å². The first-order valence-electron chi connectivity index (χ1n) is 5.62. The third-order valence-electron chi connectivity index (χ3n) is 2.06. The molecule has 2 unspecified atom stereocenters. The Hall–Kier alpha value is -0.200. The molecule has 0 aromatic carbocycles. The fourth-order valence-electron chi connectivity index (χ4n) is 1.17. The Morgan fingerprint density at radius 1 is 1.12 bits per heavy atom. The highest BCUT2D eigenvalue weighted by Crippen LogP contribution is 1.92. The monoisotopic (exact) mass is 235 g/mol. The first-order valence-corrected chi connectivity index (χ1v) is 5.62. The third kappa shape index (κ3) is 9.06. The van der Waals surface area contributed by atoms with Crippen molar-refractivity contribution in [1.82, 2.24) is 5.32 Å². The van der Waals surface area contributed by atoms with E-state index in [2.05, 4.69) is 5.32 Å². The maximum absolute atomic E-state index is 9.55. The molecule has 2 atom stereocenters. The third-order valence-corrected chi connectivity index (χ3v) is 2.06. The molecule has 2 N–H and O–H groups in total. The molecule has 5 heteroatoms. The molecule has 98 valence electrons. The lowest BCUT2D eigenvalue weighted by molar-refractivity contribution is 0.000855. The number of aliphatic hydroxyl groups is 1. The quantitative estimate of drug-likeness (QED) is 0.559. The van der Waals surface area contributed by atoms with Crippen molar-refractivity contribution in [2.45, 2.75) is 32.2 Å². The summed E-state index contributed by atoms with van der Waals surface area (Å²) in [6, 6.07) is 0. The summed E-state index contributed by atoms with van der Waals surface area (Å²) in [5.74, 6) is 0. The van der Waals surface area contributed by atoms with Gasteiger partial charge in [-0.3, -0.25) is 0 Å². The van der Waals surface area contributed by atoms with Gasteiger partial charge in [-0.15, -0.1) is 0 Å². The average Bonchev–Trinajstić information content (AvgIpc) is 2.25. The molecule has 0 aliphatic carbocycles. The first-order chi connectivity index (χ1) is 7.60. The van der Waals surface area contributed by atoms with Crippen LogP contribution >= 0.6 is 0 Å². The molecular weight excluding hydrogens is 210 g/mol. The summed E-state index contributed by atoms with van der Waals surface area (Å²) < 4.78 is 15.4. The SMILES string of the molecule is COCC(CNCC(O)COC(C)C)OC. The van der Waals surface area contributed by atoms with Crippen LogP contribution in [-0.4, -0.2) is 63.9 Å². The molecule has 0 amide bonds. The van der Waals surface area contributed by atoms with E-state index in [9.17, 15) is 5.11 Å². The molecule has 0 aromatic rings. The van der Waals surface area contributed by atoms with E-state index in [4.69, 9.17) is 14.2 Å². The summed E-state index contributed by atoms with van der Waals surface area (Å²) in [6.07, 6.45) is -0.319.